The van der Waals surface area contributed by atoms with Gasteiger partial charge in [-0.3, -0.25) is 0 Å². The number of hydrogen-bond donors (Lipinski definition) is 1. The molecule has 0 aliphatic rings. The highest BCUT2D eigenvalue weighted by atomic mass is 32.1. The van der Waals surface area contributed by atoms with Gasteiger partial charge in [0.05, 0.1) is 0 Å². The zero-order valence-corrected chi connectivity index (χ0v) is 8.91. The maximum absolute atomic E-state index is 4.41. The molecule has 1 aromatic rings. The van der Waals surface area contributed by atoms with Gasteiger partial charge in [-0.15, -0.1) is 12.6 Å². The predicted octanol–water partition coefficient (Wildman–Crippen LogP) is 3.54. The second-order valence-electron chi connectivity index (χ2n) is 3.26. The predicted molar refractivity (Wildman–Crippen MR) is 57.2 cm³/mol. The largest absolute Gasteiger partial charge is 0.143 e. The molecule has 0 amide bonds. The number of aryl methyl sites for hydroxylation is 1. The van der Waals surface area contributed by atoms with Crippen LogP contribution in [0.15, 0.2) is 17.0 Å². The zero-order chi connectivity index (χ0) is 9.14. The van der Waals surface area contributed by atoms with Crippen LogP contribution in [-0.4, -0.2) is 0 Å². The van der Waals surface area contributed by atoms with Crippen LogP contribution in [0, 0.1) is 13.8 Å². The molecule has 0 aliphatic carbocycles. The summed E-state index contributed by atoms with van der Waals surface area (Å²) in [5.41, 5.74) is 4.22. The Bertz CT molecular complexity index is 277. The van der Waals surface area contributed by atoms with E-state index >= 15 is 0 Å². The molecule has 0 saturated carbocycles. The SMILES string of the molecule is CCCc1c(C)ccc(S)c1C. The van der Waals surface area contributed by atoms with Crippen molar-refractivity contribution in [3.8, 4) is 0 Å². The van der Waals surface area contributed by atoms with Crippen molar-refractivity contribution >= 4 is 12.6 Å². The van der Waals surface area contributed by atoms with E-state index in [-0.39, 0.29) is 0 Å². The molecule has 1 heteroatoms. The van der Waals surface area contributed by atoms with Gasteiger partial charge in [0.2, 0.25) is 0 Å². The minimum Gasteiger partial charge on any atom is -0.143 e. The van der Waals surface area contributed by atoms with Gasteiger partial charge in [-0.05, 0) is 43.0 Å². The van der Waals surface area contributed by atoms with Crippen LogP contribution in [0.3, 0.4) is 0 Å². The van der Waals surface area contributed by atoms with E-state index in [0.29, 0.717) is 0 Å². The topological polar surface area (TPSA) is 0 Å². The van der Waals surface area contributed by atoms with Crippen LogP contribution in [0.5, 0.6) is 0 Å². The van der Waals surface area contributed by atoms with Crippen LogP contribution < -0.4 is 0 Å². The van der Waals surface area contributed by atoms with Crippen molar-refractivity contribution in [2.75, 3.05) is 0 Å². The summed E-state index contributed by atoms with van der Waals surface area (Å²) in [6.07, 6.45) is 2.38. The molecule has 0 radical (unpaired) electrons. The van der Waals surface area contributed by atoms with Gasteiger partial charge in [0.15, 0.2) is 0 Å². The molecule has 12 heavy (non-hydrogen) atoms. The summed E-state index contributed by atoms with van der Waals surface area (Å²) < 4.78 is 0. The summed E-state index contributed by atoms with van der Waals surface area (Å²) in [6.45, 7) is 6.54. The normalized spacial score (nSPS) is 10.3. The minimum absolute atomic E-state index is 1.11. The third-order valence-corrected chi connectivity index (χ3v) is 2.79. The molecular formula is C11H16S. The summed E-state index contributed by atoms with van der Waals surface area (Å²) in [7, 11) is 0. The fraction of sp³-hybridized carbons (Fsp3) is 0.455. The van der Waals surface area contributed by atoms with Crippen LogP contribution in [-0.2, 0) is 6.42 Å². The summed E-state index contributed by atoms with van der Waals surface area (Å²) >= 11 is 4.41. The van der Waals surface area contributed by atoms with Gasteiger partial charge in [0.25, 0.3) is 0 Å². The molecule has 0 spiro atoms. The first kappa shape index (κ1) is 9.66. The lowest BCUT2D eigenvalue weighted by molar-refractivity contribution is 0.896. The molecule has 1 rings (SSSR count). The zero-order valence-electron chi connectivity index (χ0n) is 8.02. The Labute approximate surface area is 80.4 Å². The standard InChI is InChI=1S/C11H16S/c1-4-5-10-8(2)6-7-11(12)9(10)3/h6-7,12H,4-5H2,1-3H3. The third-order valence-electron chi connectivity index (χ3n) is 2.30. The Morgan fingerprint density at radius 1 is 1.25 bits per heavy atom. The van der Waals surface area contributed by atoms with Crippen molar-refractivity contribution in [3.05, 3.63) is 28.8 Å². The van der Waals surface area contributed by atoms with Gasteiger partial charge in [-0.2, -0.15) is 0 Å². The van der Waals surface area contributed by atoms with Gasteiger partial charge in [0, 0.05) is 4.90 Å². The summed E-state index contributed by atoms with van der Waals surface area (Å²) in [5, 5.41) is 0. The molecule has 0 nitrogen and oxygen atoms in total. The fourth-order valence-electron chi connectivity index (χ4n) is 1.51. The molecule has 0 saturated heterocycles. The summed E-state index contributed by atoms with van der Waals surface area (Å²) in [6, 6.07) is 4.23. The number of rotatable bonds is 2. The van der Waals surface area contributed by atoms with E-state index in [1.807, 2.05) is 0 Å². The molecule has 0 fully saturated rings. The average Bonchev–Trinajstić information content (AvgIpc) is 2.06. The molecule has 0 N–H and O–H groups in total. The summed E-state index contributed by atoms with van der Waals surface area (Å²) in [5.74, 6) is 0. The van der Waals surface area contributed by atoms with Crippen molar-refractivity contribution in [2.45, 2.75) is 38.5 Å². The van der Waals surface area contributed by atoms with Crippen LogP contribution in [0.2, 0.25) is 0 Å². The van der Waals surface area contributed by atoms with Crippen LogP contribution in [0.25, 0.3) is 0 Å². The van der Waals surface area contributed by atoms with E-state index < -0.39 is 0 Å². The van der Waals surface area contributed by atoms with E-state index in [1.54, 1.807) is 0 Å². The van der Waals surface area contributed by atoms with Crippen molar-refractivity contribution in [2.24, 2.45) is 0 Å². The van der Waals surface area contributed by atoms with Crippen molar-refractivity contribution < 1.29 is 0 Å². The smallest absolute Gasteiger partial charge is 0.00721 e. The van der Waals surface area contributed by atoms with Gasteiger partial charge >= 0.3 is 0 Å². The first-order valence-electron chi connectivity index (χ1n) is 4.44. The van der Waals surface area contributed by atoms with Crippen LogP contribution in [0.4, 0.5) is 0 Å². The van der Waals surface area contributed by atoms with Gasteiger partial charge in [0.1, 0.15) is 0 Å². The molecule has 0 aliphatic heterocycles. The van der Waals surface area contributed by atoms with Crippen molar-refractivity contribution in [3.63, 3.8) is 0 Å². The second kappa shape index (κ2) is 3.99. The summed E-state index contributed by atoms with van der Waals surface area (Å²) in [4.78, 5) is 1.11. The highest BCUT2D eigenvalue weighted by Gasteiger charge is 2.03. The lowest BCUT2D eigenvalue weighted by atomic mass is 9.99. The minimum atomic E-state index is 1.11. The number of hydrogen-bond acceptors (Lipinski definition) is 1. The maximum atomic E-state index is 4.41. The average molecular weight is 180 g/mol. The monoisotopic (exact) mass is 180 g/mol. The molecule has 0 aromatic heterocycles. The van der Waals surface area contributed by atoms with Gasteiger partial charge < -0.3 is 0 Å². The molecular weight excluding hydrogens is 164 g/mol. The first-order chi connectivity index (χ1) is 5.66. The number of thiol groups is 1. The lowest BCUT2D eigenvalue weighted by Gasteiger charge is -2.10. The highest BCUT2D eigenvalue weighted by Crippen LogP contribution is 2.21. The molecule has 0 heterocycles. The highest BCUT2D eigenvalue weighted by molar-refractivity contribution is 7.80. The Kier molecular flexibility index (Phi) is 3.21. The second-order valence-corrected chi connectivity index (χ2v) is 3.74. The Morgan fingerprint density at radius 2 is 1.92 bits per heavy atom. The fourth-order valence-corrected chi connectivity index (χ4v) is 1.72. The quantitative estimate of drug-likeness (QED) is 0.661. The van der Waals surface area contributed by atoms with E-state index in [2.05, 4.69) is 45.5 Å². The Hall–Kier alpha value is -0.430. The van der Waals surface area contributed by atoms with Crippen molar-refractivity contribution in [1.82, 2.24) is 0 Å². The van der Waals surface area contributed by atoms with E-state index in [0.717, 1.165) is 4.90 Å². The molecule has 0 atom stereocenters. The Morgan fingerprint density at radius 3 is 2.50 bits per heavy atom. The molecule has 66 valence electrons. The van der Waals surface area contributed by atoms with Crippen LogP contribution >= 0.6 is 12.6 Å². The molecule has 0 bridgehead atoms. The van der Waals surface area contributed by atoms with Crippen LogP contribution in [0.1, 0.15) is 30.0 Å². The van der Waals surface area contributed by atoms with Crippen molar-refractivity contribution in [1.29, 1.82) is 0 Å². The first-order valence-corrected chi connectivity index (χ1v) is 4.89. The van der Waals surface area contributed by atoms with Gasteiger partial charge in [-0.25, -0.2) is 0 Å². The van der Waals surface area contributed by atoms with Gasteiger partial charge in [-0.1, -0.05) is 19.4 Å². The maximum Gasteiger partial charge on any atom is 0.00721 e. The van der Waals surface area contributed by atoms with E-state index in [9.17, 15) is 0 Å². The molecule has 1 aromatic carbocycles. The molecule has 0 unspecified atom stereocenters. The Balaban J connectivity index is 3.14. The number of benzene rings is 1. The third kappa shape index (κ3) is 1.84. The van der Waals surface area contributed by atoms with E-state index in [4.69, 9.17) is 0 Å². The lowest BCUT2D eigenvalue weighted by Crippen LogP contribution is -1.93. The van der Waals surface area contributed by atoms with E-state index in [1.165, 1.54) is 29.5 Å².